The molecule has 1 aromatic carbocycles. The summed E-state index contributed by atoms with van der Waals surface area (Å²) in [6, 6.07) is 7.34. The Morgan fingerprint density at radius 3 is 2.76 bits per heavy atom. The number of halogens is 1. The predicted octanol–water partition coefficient (Wildman–Crippen LogP) is 3.12. The highest BCUT2D eigenvalue weighted by atomic mass is 19.1. The average Bonchev–Trinajstić information content (AvgIpc) is 2.82. The highest BCUT2D eigenvalue weighted by molar-refractivity contribution is 5.82. The van der Waals surface area contributed by atoms with Crippen molar-refractivity contribution in [1.29, 1.82) is 0 Å². The summed E-state index contributed by atoms with van der Waals surface area (Å²) in [5.74, 6) is 1.07. The smallest absolute Gasteiger partial charge is 0.225 e. The van der Waals surface area contributed by atoms with Gasteiger partial charge in [-0.15, -0.1) is 0 Å². The van der Waals surface area contributed by atoms with Crippen LogP contribution in [0.3, 0.4) is 0 Å². The van der Waals surface area contributed by atoms with Crippen LogP contribution < -0.4 is 15.4 Å². The molecule has 1 aromatic heterocycles. The van der Waals surface area contributed by atoms with Gasteiger partial charge in [-0.1, -0.05) is 0 Å². The Bertz CT molecular complexity index is 749. The molecule has 0 aliphatic carbocycles. The van der Waals surface area contributed by atoms with Crippen LogP contribution in [0.2, 0.25) is 0 Å². The fraction of sp³-hybridized carbons (Fsp3) is 0.389. The SMILES string of the molecule is CC1(C)CC(CCNc2nccc(Oc3ccc(F)cc3)n2)C(=O)N1. The summed E-state index contributed by atoms with van der Waals surface area (Å²) in [6.07, 6.45) is 3.11. The van der Waals surface area contributed by atoms with E-state index in [0.29, 0.717) is 30.5 Å². The van der Waals surface area contributed by atoms with E-state index in [1.807, 2.05) is 13.8 Å². The Kier molecular flexibility index (Phi) is 4.83. The van der Waals surface area contributed by atoms with Gasteiger partial charge in [0, 0.05) is 30.3 Å². The van der Waals surface area contributed by atoms with Crippen LogP contribution >= 0.6 is 0 Å². The number of carbonyl (C=O) groups excluding carboxylic acids is 1. The molecule has 7 heteroatoms. The van der Waals surface area contributed by atoms with Gasteiger partial charge < -0.3 is 15.4 Å². The maximum Gasteiger partial charge on any atom is 0.225 e. The Balaban J connectivity index is 1.53. The number of nitrogens with zero attached hydrogens (tertiary/aromatic N) is 2. The first-order chi connectivity index (χ1) is 11.9. The standard InChI is InChI=1S/C18H21FN4O2/c1-18(2)11-12(16(24)23-18)7-9-20-17-21-10-8-15(22-17)25-14-5-3-13(19)4-6-14/h3-6,8,10,12H,7,9,11H2,1-2H3,(H,23,24)(H,20,21,22). The molecule has 1 unspecified atom stereocenters. The predicted molar refractivity (Wildman–Crippen MR) is 91.9 cm³/mol. The van der Waals surface area contributed by atoms with E-state index >= 15 is 0 Å². The van der Waals surface area contributed by atoms with Crippen molar-refractivity contribution < 1.29 is 13.9 Å². The summed E-state index contributed by atoms with van der Waals surface area (Å²) < 4.78 is 18.5. The van der Waals surface area contributed by atoms with E-state index in [9.17, 15) is 9.18 Å². The number of hydrogen-bond acceptors (Lipinski definition) is 5. The lowest BCUT2D eigenvalue weighted by Gasteiger charge is -2.16. The molecule has 0 bridgehead atoms. The second-order valence-electron chi connectivity index (χ2n) is 6.76. The van der Waals surface area contributed by atoms with E-state index in [0.717, 1.165) is 6.42 Å². The maximum absolute atomic E-state index is 12.9. The molecule has 0 spiro atoms. The number of amides is 1. The third-order valence-electron chi connectivity index (χ3n) is 4.03. The van der Waals surface area contributed by atoms with Gasteiger partial charge in [0.25, 0.3) is 0 Å². The zero-order chi connectivity index (χ0) is 17.9. The topological polar surface area (TPSA) is 76.1 Å². The highest BCUT2D eigenvalue weighted by Crippen LogP contribution is 2.26. The number of carbonyl (C=O) groups is 1. The fourth-order valence-corrected chi connectivity index (χ4v) is 2.89. The quantitative estimate of drug-likeness (QED) is 0.842. The van der Waals surface area contributed by atoms with Gasteiger partial charge in [-0.05, 0) is 51.0 Å². The molecule has 0 saturated carbocycles. The molecule has 1 aliphatic heterocycles. The van der Waals surface area contributed by atoms with Crippen molar-refractivity contribution in [2.45, 2.75) is 32.2 Å². The summed E-state index contributed by atoms with van der Waals surface area (Å²) in [6.45, 7) is 4.64. The number of rotatable bonds is 6. The first-order valence-electron chi connectivity index (χ1n) is 8.24. The number of hydrogen-bond donors (Lipinski definition) is 2. The molecule has 1 amide bonds. The summed E-state index contributed by atoms with van der Waals surface area (Å²) >= 11 is 0. The minimum absolute atomic E-state index is 0.00106. The molecule has 2 aromatic rings. The first kappa shape index (κ1) is 17.1. The molecule has 1 atom stereocenters. The lowest BCUT2D eigenvalue weighted by molar-refractivity contribution is -0.122. The molecule has 25 heavy (non-hydrogen) atoms. The zero-order valence-electron chi connectivity index (χ0n) is 14.3. The van der Waals surface area contributed by atoms with Crippen molar-refractivity contribution in [2.75, 3.05) is 11.9 Å². The van der Waals surface area contributed by atoms with Crippen LogP contribution in [0.5, 0.6) is 11.6 Å². The third kappa shape index (κ3) is 4.65. The van der Waals surface area contributed by atoms with Crippen molar-refractivity contribution in [2.24, 2.45) is 5.92 Å². The van der Waals surface area contributed by atoms with Gasteiger partial charge in [0.15, 0.2) is 0 Å². The number of nitrogens with one attached hydrogen (secondary N) is 2. The van der Waals surface area contributed by atoms with Crippen LogP contribution in [0, 0.1) is 11.7 Å². The lowest BCUT2D eigenvalue weighted by Crippen LogP contribution is -2.34. The second kappa shape index (κ2) is 7.04. The van der Waals surface area contributed by atoms with Gasteiger partial charge in [-0.3, -0.25) is 4.79 Å². The number of benzene rings is 1. The van der Waals surface area contributed by atoms with Gasteiger partial charge in [-0.25, -0.2) is 9.37 Å². The van der Waals surface area contributed by atoms with E-state index in [-0.39, 0.29) is 23.2 Å². The lowest BCUT2D eigenvalue weighted by atomic mass is 9.94. The monoisotopic (exact) mass is 344 g/mol. The van der Waals surface area contributed by atoms with Gasteiger partial charge in [0.2, 0.25) is 17.7 Å². The van der Waals surface area contributed by atoms with Gasteiger partial charge in [-0.2, -0.15) is 4.98 Å². The number of aromatic nitrogens is 2. The minimum Gasteiger partial charge on any atom is -0.439 e. The van der Waals surface area contributed by atoms with Crippen LogP contribution in [0.4, 0.5) is 10.3 Å². The zero-order valence-corrected chi connectivity index (χ0v) is 14.3. The van der Waals surface area contributed by atoms with E-state index in [1.54, 1.807) is 12.3 Å². The molecule has 132 valence electrons. The van der Waals surface area contributed by atoms with Crippen molar-refractivity contribution in [1.82, 2.24) is 15.3 Å². The number of anilines is 1. The average molecular weight is 344 g/mol. The molecule has 2 heterocycles. The summed E-state index contributed by atoms with van der Waals surface area (Å²) in [5.41, 5.74) is -0.138. The van der Waals surface area contributed by atoms with Crippen LogP contribution in [-0.2, 0) is 4.79 Å². The Morgan fingerprint density at radius 2 is 2.08 bits per heavy atom. The number of ether oxygens (including phenoxy) is 1. The van der Waals surface area contributed by atoms with E-state index in [4.69, 9.17) is 4.74 Å². The molecule has 0 radical (unpaired) electrons. The van der Waals surface area contributed by atoms with E-state index < -0.39 is 0 Å². The van der Waals surface area contributed by atoms with Crippen LogP contribution in [0.15, 0.2) is 36.5 Å². The van der Waals surface area contributed by atoms with Crippen molar-refractivity contribution in [3.8, 4) is 11.6 Å². The van der Waals surface area contributed by atoms with Crippen molar-refractivity contribution in [3.63, 3.8) is 0 Å². The van der Waals surface area contributed by atoms with Crippen LogP contribution in [0.1, 0.15) is 26.7 Å². The van der Waals surface area contributed by atoms with Crippen LogP contribution in [0.25, 0.3) is 0 Å². The Morgan fingerprint density at radius 1 is 1.32 bits per heavy atom. The Hall–Kier alpha value is -2.70. The van der Waals surface area contributed by atoms with E-state index in [2.05, 4.69) is 20.6 Å². The normalized spacial score (nSPS) is 18.7. The van der Waals surface area contributed by atoms with Gasteiger partial charge in [0.1, 0.15) is 11.6 Å². The summed E-state index contributed by atoms with van der Waals surface area (Å²) in [5, 5.41) is 6.10. The molecule has 1 saturated heterocycles. The molecule has 1 fully saturated rings. The van der Waals surface area contributed by atoms with Gasteiger partial charge in [0.05, 0.1) is 0 Å². The highest BCUT2D eigenvalue weighted by Gasteiger charge is 2.36. The maximum atomic E-state index is 12.9. The van der Waals surface area contributed by atoms with Crippen molar-refractivity contribution in [3.05, 3.63) is 42.3 Å². The minimum atomic E-state index is -0.323. The largest absolute Gasteiger partial charge is 0.439 e. The molecular weight excluding hydrogens is 323 g/mol. The third-order valence-corrected chi connectivity index (χ3v) is 4.03. The Labute approximate surface area is 145 Å². The molecular formula is C18H21FN4O2. The molecule has 2 N–H and O–H groups in total. The second-order valence-corrected chi connectivity index (χ2v) is 6.76. The summed E-state index contributed by atoms with van der Waals surface area (Å²) in [7, 11) is 0. The fourth-order valence-electron chi connectivity index (χ4n) is 2.89. The first-order valence-corrected chi connectivity index (χ1v) is 8.24. The molecule has 6 nitrogen and oxygen atoms in total. The van der Waals surface area contributed by atoms with Crippen LogP contribution in [-0.4, -0.2) is 28.0 Å². The van der Waals surface area contributed by atoms with E-state index in [1.165, 1.54) is 24.3 Å². The van der Waals surface area contributed by atoms with Gasteiger partial charge >= 0.3 is 0 Å². The van der Waals surface area contributed by atoms with Crippen molar-refractivity contribution >= 4 is 11.9 Å². The molecule has 1 aliphatic rings. The molecule has 3 rings (SSSR count). The summed E-state index contributed by atoms with van der Waals surface area (Å²) in [4.78, 5) is 20.3.